The molecular weight excluding hydrogens is 552 g/mol. The van der Waals surface area contributed by atoms with Crippen LogP contribution in [0.2, 0.25) is 0 Å². The molecule has 3 aromatic carbocycles. The molecule has 0 amide bonds. The topological polar surface area (TPSA) is 81.6 Å². The number of nitrogens with zero attached hydrogens (tertiary/aromatic N) is 1. The van der Waals surface area contributed by atoms with Gasteiger partial charge in [0.2, 0.25) is 0 Å². The van der Waals surface area contributed by atoms with Crippen LogP contribution in [0.1, 0.15) is 11.1 Å². The van der Waals surface area contributed by atoms with Crippen LogP contribution in [0.5, 0.6) is 11.5 Å². The molecule has 7 nitrogen and oxygen atoms in total. The molecule has 0 unspecified atom stereocenters. The van der Waals surface area contributed by atoms with Crippen LogP contribution in [0.25, 0.3) is 10.9 Å². The molecule has 0 spiro atoms. The summed E-state index contributed by atoms with van der Waals surface area (Å²) in [6.07, 6.45) is -8.48. The molecule has 1 heterocycles. The van der Waals surface area contributed by atoms with Crippen molar-refractivity contribution in [3.8, 4) is 11.5 Å². The third-order valence-corrected chi connectivity index (χ3v) is 7.20. The maximum Gasteiger partial charge on any atom is 0.573 e. The highest BCUT2D eigenvalue weighted by Crippen LogP contribution is 2.33. The first-order valence-electron chi connectivity index (χ1n) is 11.2. The first kappa shape index (κ1) is 28.1. The van der Waals surface area contributed by atoms with E-state index in [0.717, 1.165) is 34.3 Å². The molecule has 0 bridgehead atoms. The summed E-state index contributed by atoms with van der Waals surface area (Å²) in [5.41, 5.74) is 2.11. The molecule has 0 aliphatic carbocycles. The summed E-state index contributed by atoms with van der Waals surface area (Å²) in [5.74, 6) is -1.08. The highest BCUT2D eigenvalue weighted by molar-refractivity contribution is 7.90. The number of halogens is 6. The predicted octanol–water partition coefficient (Wildman–Crippen LogP) is 6.45. The number of aryl methyl sites for hydroxylation is 1. The van der Waals surface area contributed by atoms with Crippen LogP contribution in [-0.2, 0) is 16.6 Å². The summed E-state index contributed by atoms with van der Waals surface area (Å²) in [6, 6.07) is 12.6. The Morgan fingerprint density at radius 2 is 1.54 bits per heavy atom. The number of rotatable bonds is 8. The smallest absolute Gasteiger partial charge is 0.406 e. The molecule has 2 N–H and O–H groups in total. The van der Waals surface area contributed by atoms with Gasteiger partial charge < -0.3 is 20.1 Å². The molecule has 0 saturated carbocycles. The molecule has 4 rings (SSSR count). The Morgan fingerprint density at radius 1 is 0.872 bits per heavy atom. The van der Waals surface area contributed by atoms with Crippen molar-refractivity contribution in [3.63, 3.8) is 0 Å². The molecule has 0 aliphatic heterocycles. The second kappa shape index (κ2) is 10.3. The minimum atomic E-state index is -5.00. The second-order valence-electron chi connectivity index (χ2n) is 8.39. The third kappa shape index (κ3) is 6.57. The number of anilines is 2. The number of fused-ring (bicyclic) bond motifs is 1. The van der Waals surface area contributed by atoms with E-state index in [1.807, 2.05) is 0 Å². The van der Waals surface area contributed by atoms with Gasteiger partial charge in [0.1, 0.15) is 11.5 Å². The number of hydrogen-bond acceptors (Lipinski definition) is 6. The lowest BCUT2D eigenvalue weighted by Gasteiger charge is -2.14. The van der Waals surface area contributed by atoms with E-state index < -0.39 is 39.1 Å². The van der Waals surface area contributed by atoms with E-state index in [0.29, 0.717) is 34.4 Å². The van der Waals surface area contributed by atoms with Crippen molar-refractivity contribution in [2.24, 2.45) is 0 Å². The fraction of sp³-hybridized carbons (Fsp3) is 0.200. The molecule has 39 heavy (non-hydrogen) atoms. The number of nitrogens with one attached hydrogen (secondary N) is 2. The van der Waals surface area contributed by atoms with Crippen LogP contribution >= 0.6 is 0 Å². The van der Waals surface area contributed by atoms with Crippen LogP contribution in [0, 0.1) is 6.92 Å². The second-order valence-corrected chi connectivity index (χ2v) is 10.2. The summed E-state index contributed by atoms with van der Waals surface area (Å²) >= 11 is 0. The zero-order chi connectivity index (χ0) is 28.6. The largest absolute Gasteiger partial charge is 0.573 e. The lowest BCUT2D eigenvalue weighted by atomic mass is 10.1. The van der Waals surface area contributed by atoms with E-state index >= 15 is 0 Å². The molecule has 14 heteroatoms. The van der Waals surface area contributed by atoms with Gasteiger partial charge in [-0.1, -0.05) is 12.1 Å². The minimum absolute atomic E-state index is 0.224. The van der Waals surface area contributed by atoms with Crippen LogP contribution in [0.15, 0.2) is 71.8 Å². The van der Waals surface area contributed by atoms with E-state index in [9.17, 15) is 34.8 Å². The maximum atomic E-state index is 13.5. The van der Waals surface area contributed by atoms with Crippen LogP contribution in [-0.4, -0.2) is 32.2 Å². The molecule has 1 aromatic heterocycles. The van der Waals surface area contributed by atoms with Crippen LogP contribution < -0.4 is 20.1 Å². The van der Waals surface area contributed by atoms with Gasteiger partial charge in [-0.05, 0) is 67.6 Å². The normalized spacial score (nSPS) is 12.5. The van der Waals surface area contributed by atoms with E-state index in [-0.39, 0.29) is 5.52 Å². The van der Waals surface area contributed by atoms with Gasteiger partial charge in [-0.15, -0.1) is 26.3 Å². The number of ether oxygens (including phenoxy) is 2. The number of benzene rings is 3. The molecule has 0 saturated heterocycles. The van der Waals surface area contributed by atoms with Crippen molar-refractivity contribution in [2.45, 2.75) is 31.1 Å². The SMILES string of the molecule is CNCc1cn(S(=O)(=O)c2cccc(OC(F)(F)F)c2)c2cc(Nc3ccc(OC(F)(F)F)cc3C)ccc12. The molecule has 4 aromatic rings. The Hall–Kier alpha value is -3.91. The van der Waals surface area contributed by atoms with Gasteiger partial charge in [-0.3, -0.25) is 0 Å². The van der Waals surface area contributed by atoms with Crippen molar-refractivity contribution >= 4 is 32.3 Å². The summed E-state index contributed by atoms with van der Waals surface area (Å²) in [4.78, 5) is -0.424. The lowest BCUT2D eigenvalue weighted by Crippen LogP contribution is -2.18. The Labute approximate surface area is 219 Å². The molecule has 0 aliphatic rings. The van der Waals surface area contributed by atoms with Crippen molar-refractivity contribution in [1.29, 1.82) is 0 Å². The number of hydrogen-bond donors (Lipinski definition) is 2. The monoisotopic (exact) mass is 573 g/mol. The first-order chi connectivity index (χ1) is 18.2. The van der Waals surface area contributed by atoms with Crippen molar-refractivity contribution in [1.82, 2.24) is 9.29 Å². The van der Waals surface area contributed by atoms with Gasteiger partial charge in [-0.25, -0.2) is 12.4 Å². The fourth-order valence-electron chi connectivity index (χ4n) is 3.95. The quantitative estimate of drug-likeness (QED) is 0.236. The van der Waals surface area contributed by atoms with Gasteiger partial charge in [0.25, 0.3) is 10.0 Å². The summed E-state index contributed by atoms with van der Waals surface area (Å²) in [7, 11) is -2.70. The molecule has 208 valence electrons. The van der Waals surface area contributed by atoms with E-state index in [4.69, 9.17) is 0 Å². The average Bonchev–Trinajstić information content (AvgIpc) is 3.18. The van der Waals surface area contributed by atoms with Gasteiger partial charge in [0.15, 0.2) is 0 Å². The molecule has 0 radical (unpaired) electrons. The van der Waals surface area contributed by atoms with E-state index in [1.54, 1.807) is 26.1 Å². The van der Waals surface area contributed by atoms with Crippen LogP contribution in [0.3, 0.4) is 0 Å². The molecule has 0 atom stereocenters. The summed E-state index contributed by atoms with van der Waals surface area (Å²) in [5, 5.41) is 6.54. The Bertz CT molecular complexity index is 1610. The number of alkyl halides is 6. The summed E-state index contributed by atoms with van der Waals surface area (Å²) in [6.45, 7) is 1.86. The molecule has 0 fully saturated rings. The Morgan fingerprint density at radius 3 is 2.15 bits per heavy atom. The van der Waals surface area contributed by atoms with Gasteiger partial charge in [-0.2, -0.15) is 0 Å². The average molecular weight is 574 g/mol. The summed E-state index contributed by atoms with van der Waals surface area (Å²) < 4.78 is 111. The lowest BCUT2D eigenvalue weighted by molar-refractivity contribution is -0.275. The van der Waals surface area contributed by atoms with Gasteiger partial charge in [0.05, 0.1) is 10.4 Å². The van der Waals surface area contributed by atoms with E-state index in [2.05, 4.69) is 20.1 Å². The fourth-order valence-corrected chi connectivity index (χ4v) is 5.37. The number of aromatic nitrogens is 1. The standard InChI is InChI=1S/C25H21F6N3O4S/c1-15-10-19(38-25(29,30)31)7-9-22(15)33-17-6-8-21-16(13-32-2)14-34(23(21)11-17)39(35,36)20-5-3-4-18(12-20)37-24(26,27)28/h3-12,14,32-33H,13H2,1-2H3. The van der Waals surface area contributed by atoms with Crippen molar-refractivity contribution in [2.75, 3.05) is 12.4 Å². The zero-order valence-corrected chi connectivity index (χ0v) is 21.1. The van der Waals surface area contributed by atoms with Crippen molar-refractivity contribution < 1.29 is 44.2 Å². The van der Waals surface area contributed by atoms with Gasteiger partial charge >= 0.3 is 12.7 Å². The van der Waals surface area contributed by atoms with Crippen molar-refractivity contribution in [3.05, 3.63) is 78.0 Å². The maximum absolute atomic E-state index is 13.5. The third-order valence-electron chi connectivity index (χ3n) is 5.53. The van der Waals surface area contributed by atoms with E-state index in [1.165, 1.54) is 24.4 Å². The Kier molecular flexibility index (Phi) is 7.45. The first-order valence-corrected chi connectivity index (χ1v) is 12.6. The van der Waals surface area contributed by atoms with Gasteiger partial charge in [0, 0.05) is 35.6 Å². The zero-order valence-electron chi connectivity index (χ0n) is 20.3. The highest BCUT2D eigenvalue weighted by atomic mass is 32.2. The highest BCUT2D eigenvalue weighted by Gasteiger charge is 2.32. The predicted molar refractivity (Wildman–Crippen MR) is 132 cm³/mol. The minimum Gasteiger partial charge on any atom is -0.406 e. The van der Waals surface area contributed by atoms with Crippen LogP contribution in [0.4, 0.5) is 37.7 Å². The molecular formula is C25H21F6N3O4S. The Balaban J connectivity index is 1.74.